The van der Waals surface area contributed by atoms with Crippen LogP contribution in [0.5, 0.6) is 0 Å². The summed E-state index contributed by atoms with van der Waals surface area (Å²) in [6.45, 7) is 4.87. The van der Waals surface area contributed by atoms with Gasteiger partial charge >= 0.3 is 0 Å². The van der Waals surface area contributed by atoms with Gasteiger partial charge in [0, 0.05) is 19.1 Å². The van der Waals surface area contributed by atoms with Crippen molar-refractivity contribution in [2.75, 3.05) is 13.7 Å². The van der Waals surface area contributed by atoms with Crippen molar-refractivity contribution in [2.24, 2.45) is 11.1 Å². The molecule has 1 aliphatic rings. The van der Waals surface area contributed by atoms with Crippen molar-refractivity contribution in [3.8, 4) is 0 Å². The topological polar surface area (TPSA) is 68.3 Å². The molecule has 1 aliphatic carbocycles. The number of unbranched alkanes of at least 4 members (excludes halogenated alkanes) is 1. The lowest BCUT2D eigenvalue weighted by molar-refractivity contribution is -0.0304. The number of hydrogen-bond acceptors (Lipinski definition) is 3. The van der Waals surface area contributed by atoms with Gasteiger partial charge in [-0.1, -0.05) is 20.3 Å². The number of nitrogens with two attached hydrogens (primary N) is 1. The molecule has 0 radical (unpaired) electrons. The first-order valence-electron chi connectivity index (χ1n) is 7.44. The summed E-state index contributed by atoms with van der Waals surface area (Å²) in [7, 11) is 1.79. The molecule has 2 unspecified atom stereocenters. The Kier molecular flexibility index (Phi) is 6.80. The van der Waals surface area contributed by atoms with Crippen LogP contribution in [0.2, 0.25) is 0 Å². The van der Waals surface area contributed by atoms with Crippen molar-refractivity contribution < 1.29 is 9.47 Å². The molecular weight excluding hydrogens is 240 g/mol. The first-order valence-corrected chi connectivity index (χ1v) is 7.44. The van der Waals surface area contributed by atoms with E-state index in [0.29, 0.717) is 12.2 Å². The van der Waals surface area contributed by atoms with E-state index < -0.39 is 0 Å². The van der Waals surface area contributed by atoms with Gasteiger partial charge in [-0.3, -0.25) is 5.41 Å². The first-order chi connectivity index (χ1) is 8.95. The van der Waals surface area contributed by atoms with Crippen molar-refractivity contribution in [1.29, 1.82) is 5.41 Å². The number of rotatable bonds is 8. The van der Waals surface area contributed by atoms with E-state index in [1.165, 1.54) is 19.3 Å². The van der Waals surface area contributed by atoms with E-state index in [1.807, 2.05) is 13.8 Å². The van der Waals surface area contributed by atoms with Gasteiger partial charge in [0.05, 0.1) is 18.0 Å². The normalized spacial score (nSPS) is 24.4. The standard InChI is InChI=1S/C15H30N2O2/c1-15(2,14(16)17)9-4-5-10-19-13-8-6-7-12(11-13)18-3/h12-13H,4-11H2,1-3H3,(H3,16,17). The Balaban J connectivity index is 2.09. The maximum atomic E-state index is 7.51. The Labute approximate surface area is 117 Å². The van der Waals surface area contributed by atoms with Gasteiger partial charge in [-0.15, -0.1) is 0 Å². The summed E-state index contributed by atoms with van der Waals surface area (Å²) in [5.74, 6) is 0.281. The van der Waals surface area contributed by atoms with Crippen molar-refractivity contribution in [2.45, 2.75) is 71.0 Å². The predicted molar refractivity (Wildman–Crippen MR) is 78.6 cm³/mol. The molecule has 0 heterocycles. The zero-order valence-electron chi connectivity index (χ0n) is 12.7. The Morgan fingerprint density at radius 3 is 2.58 bits per heavy atom. The molecule has 1 saturated carbocycles. The largest absolute Gasteiger partial charge is 0.387 e. The molecule has 1 fully saturated rings. The van der Waals surface area contributed by atoms with Gasteiger partial charge in [0.1, 0.15) is 0 Å². The third kappa shape index (κ3) is 5.91. The van der Waals surface area contributed by atoms with Crippen LogP contribution in [0.25, 0.3) is 0 Å². The number of amidine groups is 1. The fraction of sp³-hybridized carbons (Fsp3) is 0.933. The third-order valence-corrected chi connectivity index (χ3v) is 4.19. The van der Waals surface area contributed by atoms with Gasteiger partial charge in [-0.05, 0) is 38.5 Å². The molecule has 1 rings (SSSR count). The number of ether oxygens (including phenoxy) is 2. The molecule has 0 amide bonds. The molecule has 0 bridgehead atoms. The van der Waals surface area contributed by atoms with Crippen LogP contribution < -0.4 is 5.73 Å². The van der Waals surface area contributed by atoms with Gasteiger partial charge in [0.25, 0.3) is 0 Å². The summed E-state index contributed by atoms with van der Waals surface area (Å²) in [5.41, 5.74) is 5.40. The number of hydrogen-bond donors (Lipinski definition) is 2. The van der Waals surface area contributed by atoms with E-state index in [0.717, 1.165) is 32.3 Å². The smallest absolute Gasteiger partial charge is 0.0963 e. The van der Waals surface area contributed by atoms with Crippen molar-refractivity contribution in [3.63, 3.8) is 0 Å². The second-order valence-electron chi connectivity index (χ2n) is 6.27. The summed E-state index contributed by atoms with van der Waals surface area (Å²) in [6.07, 6.45) is 8.40. The molecule has 0 aromatic carbocycles. The number of nitrogens with one attached hydrogen (secondary N) is 1. The zero-order chi connectivity index (χ0) is 14.3. The van der Waals surface area contributed by atoms with Gasteiger partial charge in [-0.25, -0.2) is 0 Å². The maximum absolute atomic E-state index is 7.51. The third-order valence-electron chi connectivity index (χ3n) is 4.19. The highest BCUT2D eigenvalue weighted by Crippen LogP contribution is 2.25. The average Bonchev–Trinajstić information content (AvgIpc) is 2.38. The van der Waals surface area contributed by atoms with Crippen LogP contribution >= 0.6 is 0 Å². The van der Waals surface area contributed by atoms with Crippen LogP contribution in [0.4, 0.5) is 0 Å². The van der Waals surface area contributed by atoms with E-state index in [1.54, 1.807) is 7.11 Å². The highest BCUT2D eigenvalue weighted by Gasteiger charge is 2.23. The van der Waals surface area contributed by atoms with Crippen LogP contribution in [0.1, 0.15) is 58.8 Å². The molecular formula is C15H30N2O2. The molecule has 0 aromatic rings. The van der Waals surface area contributed by atoms with Crippen LogP contribution in [0.3, 0.4) is 0 Å². The zero-order valence-corrected chi connectivity index (χ0v) is 12.7. The lowest BCUT2D eigenvalue weighted by atomic mass is 9.86. The Hall–Kier alpha value is -0.610. The lowest BCUT2D eigenvalue weighted by Crippen LogP contribution is -2.31. The number of methoxy groups -OCH3 is 1. The minimum atomic E-state index is -0.175. The minimum Gasteiger partial charge on any atom is -0.387 e. The molecule has 0 aromatic heterocycles. The molecule has 0 saturated heterocycles. The second kappa shape index (κ2) is 7.85. The van der Waals surface area contributed by atoms with Gasteiger partial charge in [0.15, 0.2) is 0 Å². The van der Waals surface area contributed by atoms with Crippen molar-refractivity contribution in [3.05, 3.63) is 0 Å². The summed E-state index contributed by atoms with van der Waals surface area (Å²) in [6, 6.07) is 0. The molecule has 2 atom stereocenters. The fourth-order valence-electron chi connectivity index (χ4n) is 2.52. The maximum Gasteiger partial charge on any atom is 0.0963 e. The van der Waals surface area contributed by atoms with E-state index >= 15 is 0 Å². The van der Waals surface area contributed by atoms with Gasteiger partial charge in [0.2, 0.25) is 0 Å². The molecule has 0 spiro atoms. The molecule has 112 valence electrons. The van der Waals surface area contributed by atoms with Crippen LogP contribution in [0, 0.1) is 10.8 Å². The fourth-order valence-corrected chi connectivity index (χ4v) is 2.52. The van der Waals surface area contributed by atoms with E-state index in [-0.39, 0.29) is 11.3 Å². The second-order valence-corrected chi connectivity index (χ2v) is 6.27. The van der Waals surface area contributed by atoms with Crippen LogP contribution in [-0.4, -0.2) is 31.8 Å². The Morgan fingerprint density at radius 2 is 1.95 bits per heavy atom. The molecule has 0 aliphatic heterocycles. The van der Waals surface area contributed by atoms with Crippen molar-refractivity contribution >= 4 is 5.84 Å². The molecule has 4 nitrogen and oxygen atoms in total. The Bertz CT molecular complexity index is 279. The quantitative estimate of drug-likeness (QED) is 0.404. The lowest BCUT2D eigenvalue weighted by Gasteiger charge is -2.28. The Morgan fingerprint density at radius 1 is 1.26 bits per heavy atom. The summed E-state index contributed by atoms with van der Waals surface area (Å²) in [5, 5.41) is 7.51. The van der Waals surface area contributed by atoms with Gasteiger partial charge < -0.3 is 15.2 Å². The highest BCUT2D eigenvalue weighted by atomic mass is 16.5. The SMILES string of the molecule is COC1CCCC(OCCCCC(C)(C)C(=N)N)C1. The van der Waals surface area contributed by atoms with E-state index in [2.05, 4.69) is 0 Å². The first kappa shape index (κ1) is 16.4. The summed E-state index contributed by atoms with van der Waals surface area (Å²) in [4.78, 5) is 0. The average molecular weight is 270 g/mol. The van der Waals surface area contributed by atoms with Crippen LogP contribution in [-0.2, 0) is 9.47 Å². The summed E-state index contributed by atoms with van der Waals surface area (Å²) >= 11 is 0. The molecule has 4 heteroatoms. The van der Waals surface area contributed by atoms with Crippen LogP contribution in [0.15, 0.2) is 0 Å². The van der Waals surface area contributed by atoms with E-state index in [9.17, 15) is 0 Å². The predicted octanol–water partition coefficient (Wildman–Crippen LogP) is 3.09. The minimum absolute atomic E-state index is 0.175. The van der Waals surface area contributed by atoms with E-state index in [4.69, 9.17) is 20.6 Å². The highest BCUT2D eigenvalue weighted by molar-refractivity contribution is 5.82. The summed E-state index contributed by atoms with van der Waals surface area (Å²) < 4.78 is 11.3. The van der Waals surface area contributed by atoms with Crippen molar-refractivity contribution in [1.82, 2.24) is 0 Å². The molecule has 19 heavy (non-hydrogen) atoms. The van der Waals surface area contributed by atoms with Gasteiger partial charge in [-0.2, -0.15) is 0 Å². The molecule has 3 N–H and O–H groups in total. The monoisotopic (exact) mass is 270 g/mol.